The van der Waals surface area contributed by atoms with Gasteiger partial charge >= 0.3 is 6.09 Å². The lowest BCUT2D eigenvalue weighted by Gasteiger charge is -2.29. The quantitative estimate of drug-likeness (QED) is 0.806. The van der Waals surface area contributed by atoms with Gasteiger partial charge in [-0.2, -0.15) is 0 Å². The number of amides is 3. The van der Waals surface area contributed by atoms with E-state index in [1.165, 1.54) is 0 Å². The van der Waals surface area contributed by atoms with Crippen LogP contribution in [0.15, 0.2) is 0 Å². The Bertz CT molecular complexity index is 454. The fourth-order valence-electron chi connectivity index (χ4n) is 2.13. The molecule has 0 aliphatic carbocycles. The molecule has 0 unspecified atom stereocenters. The minimum atomic E-state index is -0.627. The molecule has 0 bridgehead atoms. The van der Waals surface area contributed by atoms with E-state index in [1.807, 2.05) is 13.8 Å². The van der Waals surface area contributed by atoms with Crippen molar-refractivity contribution >= 4 is 17.9 Å². The maximum Gasteiger partial charge on any atom is 0.407 e. The number of carbonyl (C=O) groups is 3. The Morgan fingerprint density at radius 2 is 1.86 bits per heavy atom. The largest absolute Gasteiger partial charge is 0.444 e. The lowest BCUT2D eigenvalue weighted by atomic mass is 10.0. The predicted molar refractivity (Wildman–Crippen MR) is 82.2 cm³/mol. The molecule has 0 aromatic heterocycles. The molecule has 22 heavy (non-hydrogen) atoms. The molecule has 0 radical (unpaired) electrons. The van der Waals surface area contributed by atoms with Gasteiger partial charge in [-0.05, 0) is 34.6 Å². The Morgan fingerprint density at radius 1 is 1.27 bits per heavy atom. The van der Waals surface area contributed by atoms with Crippen LogP contribution in [0.5, 0.6) is 0 Å². The van der Waals surface area contributed by atoms with Crippen molar-refractivity contribution < 1.29 is 19.1 Å². The summed E-state index contributed by atoms with van der Waals surface area (Å²) in [6.07, 6.45) is -0.289. The molecule has 3 amide bonds. The van der Waals surface area contributed by atoms with Crippen LogP contribution in [0.2, 0.25) is 0 Å². The van der Waals surface area contributed by atoms with Crippen molar-refractivity contribution in [2.24, 2.45) is 5.92 Å². The molecule has 1 heterocycles. The molecule has 0 aromatic rings. The van der Waals surface area contributed by atoms with E-state index in [-0.39, 0.29) is 30.7 Å². The molecule has 1 aliphatic rings. The monoisotopic (exact) mass is 313 g/mol. The summed E-state index contributed by atoms with van der Waals surface area (Å²) in [6, 6.07) is 0. The number of nitrogens with zero attached hydrogens (tertiary/aromatic N) is 1. The maximum absolute atomic E-state index is 12.2. The topological polar surface area (TPSA) is 87.7 Å². The molecule has 0 aromatic carbocycles. The first-order valence-corrected chi connectivity index (χ1v) is 7.42. The molecule has 2 N–H and O–H groups in total. The van der Waals surface area contributed by atoms with Crippen molar-refractivity contribution in [3.63, 3.8) is 0 Å². The first-order chi connectivity index (χ1) is 9.89. The fourth-order valence-corrected chi connectivity index (χ4v) is 2.13. The van der Waals surface area contributed by atoms with Gasteiger partial charge in [0, 0.05) is 26.6 Å². The van der Waals surface area contributed by atoms with Crippen molar-refractivity contribution in [2.45, 2.75) is 52.2 Å². The van der Waals surface area contributed by atoms with Crippen LogP contribution >= 0.6 is 0 Å². The summed E-state index contributed by atoms with van der Waals surface area (Å²) in [6.45, 7) is 9.64. The third-order valence-electron chi connectivity index (χ3n) is 3.25. The highest BCUT2D eigenvalue weighted by atomic mass is 16.6. The van der Waals surface area contributed by atoms with Gasteiger partial charge in [0.2, 0.25) is 11.8 Å². The summed E-state index contributed by atoms with van der Waals surface area (Å²) in [5.74, 6) is -0.531. The van der Waals surface area contributed by atoms with Gasteiger partial charge in [-0.25, -0.2) is 4.79 Å². The zero-order valence-corrected chi connectivity index (χ0v) is 14.3. The van der Waals surface area contributed by atoms with Crippen LogP contribution in [0.3, 0.4) is 0 Å². The second kappa shape index (κ2) is 6.54. The molecule has 1 atom stereocenters. The normalized spacial score (nSPS) is 19.1. The highest BCUT2D eigenvalue weighted by molar-refractivity contribution is 5.89. The number of ether oxygens (including phenoxy) is 1. The van der Waals surface area contributed by atoms with E-state index in [4.69, 9.17) is 4.74 Å². The first kappa shape index (κ1) is 18.3. The fraction of sp³-hybridized carbons (Fsp3) is 0.800. The summed E-state index contributed by atoms with van der Waals surface area (Å²) in [7, 11) is 1.69. The smallest absolute Gasteiger partial charge is 0.407 e. The van der Waals surface area contributed by atoms with E-state index in [1.54, 1.807) is 32.7 Å². The summed E-state index contributed by atoms with van der Waals surface area (Å²) in [5, 5.41) is 5.51. The van der Waals surface area contributed by atoms with Crippen LogP contribution in [0, 0.1) is 5.92 Å². The molecule has 1 rings (SSSR count). The molecule has 1 aliphatic heterocycles. The summed E-state index contributed by atoms with van der Waals surface area (Å²) >= 11 is 0. The van der Waals surface area contributed by atoms with Gasteiger partial charge in [-0.15, -0.1) is 0 Å². The molecule has 0 spiro atoms. The van der Waals surface area contributed by atoms with Crippen LogP contribution in [-0.2, 0) is 14.3 Å². The molecular weight excluding hydrogens is 286 g/mol. The molecule has 7 nitrogen and oxygen atoms in total. The number of alkyl carbamates (subject to hydrolysis) is 1. The predicted octanol–water partition coefficient (Wildman–Crippen LogP) is 0.884. The standard InChI is InChI=1S/C15H27N3O4/c1-14(2,3)22-13(21)16-9-15(4,5)17-12(20)10-7-11(19)18(6)8-10/h10H,7-9H2,1-6H3,(H,16,21)(H,17,20)/t10-/m0/s1. The highest BCUT2D eigenvalue weighted by Gasteiger charge is 2.34. The Kier molecular flexibility index (Phi) is 5.43. The average Bonchev–Trinajstić information content (AvgIpc) is 2.65. The zero-order chi connectivity index (χ0) is 17.1. The van der Waals surface area contributed by atoms with E-state index >= 15 is 0 Å². The van der Waals surface area contributed by atoms with E-state index < -0.39 is 17.2 Å². The Labute approximate surface area is 131 Å². The maximum atomic E-state index is 12.2. The average molecular weight is 313 g/mol. The second-order valence-corrected chi connectivity index (χ2v) is 7.40. The minimum absolute atomic E-state index is 0.0233. The second-order valence-electron chi connectivity index (χ2n) is 7.40. The number of hydrogen-bond acceptors (Lipinski definition) is 4. The number of nitrogens with one attached hydrogen (secondary N) is 2. The van der Waals surface area contributed by atoms with Crippen LogP contribution in [0.25, 0.3) is 0 Å². The van der Waals surface area contributed by atoms with Crippen molar-refractivity contribution in [3.05, 3.63) is 0 Å². The van der Waals surface area contributed by atoms with Gasteiger partial charge in [0.1, 0.15) is 5.60 Å². The third kappa shape index (κ3) is 5.91. The van der Waals surface area contributed by atoms with Gasteiger partial charge in [0.15, 0.2) is 0 Å². The van der Waals surface area contributed by atoms with E-state index in [0.717, 1.165) is 0 Å². The SMILES string of the molecule is CN1C[C@@H](C(=O)NC(C)(C)CNC(=O)OC(C)(C)C)CC1=O. The van der Waals surface area contributed by atoms with Gasteiger partial charge in [0.25, 0.3) is 0 Å². The molecule has 1 fully saturated rings. The summed E-state index contributed by atoms with van der Waals surface area (Å²) < 4.78 is 5.15. The van der Waals surface area contributed by atoms with Crippen LogP contribution in [0.1, 0.15) is 41.0 Å². The number of likely N-dealkylation sites (tertiary alicyclic amines) is 1. The van der Waals surface area contributed by atoms with E-state index in [9.17, 15) is 14.4 Å². The van der Waals surface area contributed by atoms with Gasteiger partial charge in [-0.1, -0.05) is 0 Å². The number of rotatable bonds is 4. The zero-order valence-electron chi connectivity index (χ0n) is 14.3. The van der Waals surface area contributed by atoms with Crippen LogP contribution in [-0.4, -0.2) is 54.1 Å². The van der Waals surface area contributed by atoms with Crippen LogP contribution < -0.4 is 10.6 Å². The Balaban J connectivity index is 2.45. The van der Waals surface area contributed by atoms with Crippen molar-refractivity contribution in [1.82, 2.24) is 15.5 Å². The Morgan fingerprint density at radius 3 is 2.32 bits per heavy atom. The number of carbonyl (C=O) groups excluding carboxylic acids is 3. The van der Waals surface area contributed by atoms with Crippen molar-refractivity contribution in [3.8, 4) is 0 Å². The summed E-state index contributed by atoms with van der Waals surface area (Å²) in [5.41, 5.74) is -1.19. The van der Waals surface area contributed by atoms with Crippen molar-refractivity contribution in [2.75, 3.05) is 20.1 Å². The lowest BCUT2D eigenvalue weighted by Crippen LogP contribution is -2.53. The molecular formula is C15H27N3O4. The van der Waals surface area contributed by atoms with Gasteiger partial charge < -0.3 is 20.3 Å². The van der Waals surface area contributed by atoms with Gasteiger partial charge in [-0.3, -0.25) is 9.59 Å². The van der Waals surface area contributed by atoms with E-state index in [2.05, 4.69) is 10.6 Å². The summed E-state index contributed by atoms with van der Waals surface area (Å²) in [4.78, 5) is 36.9. The van der Waals surface area contributed by atoms with Gasteiger partial charge in [0.05, 0.1) is 11.5 Å². The number of hydrogen-bond donors (Lipinski definition) is 2. The third-order valence-corrected chi connectivity index (χ3v) is 3.25. The minimum Gasteiger partial charge on any atom is -0.444 e. The molecule has 126 valence electrons. The van der Waals surface area contributed by atoms with E-state index in [0.29, 0.717) is 6.54 Å². The molecule has 7 heteroatoms. The Hall–Kier alpha value is -1.79. The molecule has 1 saturated heterocycles. The highest BCUT2D eigenvalue weighted by Crippen LogP contribution is 2.17. The van der Waals surface area contributed by atoms with Crippen molar-refractivity contribution in [1.29, 1.82) is 0 Å². The lowest BCUT2D eigenvalue weighted by molar-refractivity contribution is -0.129. The first-order valence-electron chi connectivity index (χ1n) is 7.42. The van der Waals surface area contributed by atoms with Crippen LogP contribution in [0.4, 0.5) is 4.79 Å². The molecule has 0 saturated carbocycles.